The van der Waals surface area contributed by atoms with Gasteiger partial charge in [0.05, 0.1) is 0 Å². The number of nitrogen functional groups attached to an aromatic ring is 1. The maximum Gasteiger partial charge on any atom is 0.294 e. The van der Waals surface area contributed by atoms with Gasteiger partial charge in [0.15, 0.2) is 11.5 Å². The summed E-state index contributed by atoms with van der Waals surface area (Å²) in [6, 6.07) is 5.69. The Balaban J connectivity index is 1.77. The average molecular weight is 292 g/mol. The third kappa shape index (κ3) is 2.29. The molecule has 0 atom stereocenters. The molecule has 0 bridgehead atoms. The summed E-state index contributed by atoms with van der Waals surface area (Å²) in [5.41, 5.74) is 0.960. The first-order valence-corrected chi connectivity index (χ1v) is 6.86. The molecule has 104 valence electrons. The van der Waals surface area contributed by atoms with E-state index in [9.17, 15) is 4.79 Å². The van der Waals surface area contributed by atoms with E-state index < -0.39 is 0 Å². The lowest BCUT2D eigenvalue weighted by Gasteiger charge is -2.06. The molecule has 1 aromatic heterocycles. The SMILES string of the molecule is Cc1nnc(SCc2ccc3c(c2)OCO3)n(N)c1=O. The fourth-order valence-electron chi connectivity index (χ4n) is 1.75. The molecule has 20 heavy (non-hydrogen) atoms. The molecule has 1 aromatic carbocycles. The molecule has 0 spiro atoms. The van der Waals surface area contributed by atoms with Crippen molar-refractivity contribution < 1.29 is 9.47 Å². The van der Waals surface area contributed by atoms with Crippen LogP contribution in [0.2, 0.25) is 0 Å². The number of aromatic nitrogens is 3. The fourth-order valence-corrected chi connectivity index (χ4v) is 2.54. The number of benzene rings is 1. The van der Waals surface area contributed by atoms with Crippen molar-refractivity contribution in [2.45, 2.75) is 17.8 Å². The topological polar surface area (TPSA) is 92.3 Å². The van der Waals surface area contributed by atoms with Gasteiger partial charge < -0.3 is 15.3 Å². The highest BCUT2D eigenvalue weighted by Crippen LogP contribution is 2.33. The monoisotopic (exact) mass is 292 g/mol. The summed E-state index contributed by atoms with van der Waals surface area (Å²) in [6.07, 6.45) is 0. The van der Waals surface area contributed by atoms with E-state index in [0.29, 0.717) is 10.9 Å². The van der Waals surface area contributed by atoms with Crippen LogP contribution in [0, 0.1) is 6.92 Å². The molecule has 0 unspecified atom stereocenters. The first kappa shape index (κ1) is 12.8. The van der Waals surface area contributed by atoms with E-state index >= 15 is 0 Å². The summed E-state index contributed by atoms with van der Waals surface area (Å²) in [7, 11) is 0. The highest BCUT2D eigenvalue weighted by atomic mass is 32.2. The number of hydrogen-bond donors (Lipinski definition) is 1. The minimum absolute atomic E-state index is 0.248. The number of ether oxygens (including phenoxy) is 2. The highest BCUT2D eigenvalue weighted by Gasteiger charge is 2.14. The zero-order valence-corrected chi connectivity index (χ0v) is 11.5. The third-order valence-electron chi connectivity index (χ3n) is 2.82. The standard InChI is InChI=1S/C12H12N4O3S/c1-7-11(17)16(13)12(15-14-7)20-5-8-2-3-9-10(4-8)19-6-18-9/h2-4H,5-6,13H2,1H3. The molecule has 0 radical (unpaired) electrons. The second-order valence-corrected chi connectivity index (χ2v) is 5.16. The molecule has 0 saturated heterocycles. The molecule has 0 saturated carbocycles. The number of thioether (sulfide) groups is 1. The molecular weight excluding hydrogens is 280 g/mol. The van der Waals surface area contributed by atoms with Gasteiger partial charge >= 0.3 is 0 Å². The quantitative estimate of drug-likeness (QED) is 0.657. The normalized spacial score (nSPS) is 12.7. The Morgan fingerprint density at radius 1 is 1.35 bits per heavy atom. The average Bonchev–Trinajstić information content (AvgIpc) is 2.91. The summed E-state index contributed by atoms with van der Waals surface area (Å²) in [4.78, 5) is 11.6. The molecule has 1 aliphatic heterocycles. The predicted molar refractivity (Wildman–Crippen MR) is 73.3 cm³/mol. The smallest absolute Gasteiger partial charge is 0.294 e. The van der Waals surface area contributed by atoms with Crippen LogP contribution in [0.1, 0.15) is 11.3 Å². The summed E-state index contributed by atoms with van der Waals surface area (Å²) >= 11 is 1.34. The Hall–Kier alpha value is -2.22. The van der Waals surface area contributed by atoms with Gasteiger partial charge in [-0.2, -0.15) is 4.68 Å². The fraction of sp³-hybridized carbons (Fsp3) is 0.250. The third-order valence-corrected chi connectivity index (χ3v) is 3.84. The summed E-state index contributed by atoms with van der Waals surface area (Å²) in [5, 5.41) is 8.08. The Morgan fingerprint density at radius 2 is 2.15 bits per heavy atom. The number of rotatable bonds is 3. The number of nitrogens with zero attached hydrogens (tertiary/aromatic N) is 3. The Kier molecular flexibility index (Phi) is 3.23. The van der Waals surface area contributed by atoms with Crippen molar-refractivity contribution in [3.05, 3.63) is 39.8 Å². The van der Waals surface area contributed by atoms with Gasteiger partial charge in [-0.3, -0.25) is 4.79 Å². The van der Waals surface area contributed by atoms with E-state index in [-0.39, 0.29) is 18.0 Å². The van der Waals surface area contributed by atoms with E-state index in [1.807, 2.05) is 18.2 Å². The zero-order valence-electron chi connectivity index (χ0n) is 10.7. The second kappa shape index (κ2) is 5.04. The van der Waals surface area contributed by atoms with Crippen LogP contribution in [-0.4, -0.2) is 21.7 Å². The van der Waals surface area contributed by atoms with Gasteiger partial charge in [-0.25, -0.2) is 0 Å². The first-order valence-electron chi connectivity index (χ1n) is 5.88. The molecule has 2 N–H and O–H groups in total. The second-order valence-electron chi connectivity index (χ2n) is 4.22. The number of hydrogen-bond acceptors (Lipinski definition) is 7. The van der Waals surface area contributed by atoms with Gasteiger partial charge in [0, 0.05) is 5.75 Å². The van der Waals surface area contributed by atoms with Crippen LogP contribution < -0.4 is 20.9 Å². The van der Waals surface area contributed by atoms with Crippen LogP contribution in [0.5, 0.6) is 11.5 Å². The van der Waals surface area contributed by atoms with E-state index in [4.69, 9.17) is 15.3 Å². The number of fused-ring (bicyclic) bond motifs is 1. The largest absolute Gasteiger partial charge is 0.454 e. The lowest BCUT2D eigenvalue weighted by molar-refractivity contribution is 0.174. The lowest BCUT2D eigenvalue weighted by atomic mass is 10.2. The predicted octanol–water partition coefficient (Wildman–Crippen LogP) is 0.682. The summed E-state index contributed by atoms with van der Waals surface area (Å²) in [5.74, 6) is 7.74. The van der Waals surface area contributed by atoms with Crippen molar-refractivity contribution in [2.24, 2.45) is 0 Å². The van der Waals surface area contributed by atoms with Crippen LogP contribution in [0.25, 0.3) is 0 Å². The molecule has 0 amide bonds. The van der Waals surface area contributed by atoms with E-state index in [1.165, 1.54) is 11.8 Å². The number of nitrogens with two attached hydrogens (primary N) is 1. The minimum Gasteiger partial charge on any atom is -0.454 e. The van der Waals surface area contributed by atoms with Crippen LogP contribution in [0.3, 0.4) is 0 Å². The van der Waals surface area contributed by atoms with E-state index in [0.717, 1.165) is 21.7 Å². The van der Waals surface area contributed by atoms with Crippen LogP contribution in [-0.2, 0) is 5.75 Å². The van der Waals surface area contributed by atoms with Crippen molar-refractivity contribution in [1.29, 1.82) is 0 Å². The molecule has 2 heterocycles. The maximum atomic E-state index is 11.6. The van der Waals surface area contributed by atoms with Gasteiger partial charge in [-0.1, -0.05) is 17.8 Å². The van der Waals surface area contributed by atoms with E-state index in [1.54, 1.807) is 6.92 Å². The zero-order chi connectivity index (χ0) is 14.1. The molecule has 1 aliphatic rings. The van der Waals surface area contributed by atoms with Crippen molar-refractivity contribution in [3.8, 4) is 11.5 Å². The summed E-state index contributed by atoms with van der Waals surface area (Å²) < 4.78 is 11.6. The van der Waals surface area contributed by atoms with E-state index in [2.05, 4.69) is 10.2 Å². The van der Waals surface area contributed by atoms with Gasteiger partial charge in [-0.15, -0.1) is 10.2 Å². The molecule has 2 aromatic rings. The van der Waals surface area contributed by atoms with Crippen LogP contribution in [0.4, 0.5) is 0 Å². The Bertz CT molecular complexity index is 716. The first-order chi connectivity index (χ1) is 9.65. The van der Waals surface area contributed by atoms with Crippen molar-refractivity contribution in [1.82, 2.24) is 14.9 Å². The van der Waals surface area contributed by atoms with Gasteiger partial charge in [0.25, 0.3) is 5.56 Å². The number of aryl methyl sites for hydroxylation is 1. The summed E-state index contributed by atoms with van der Waals surface area (Å²) in [6.45, 7) is 1.82. The Morgan fingerprint density at radius 3 is 3.00 bits per heavy atom. The van der Waals surface area contributed by atoms with Gasteiger partial charge in [-0.05, 0) is 24.6 Å². The minimum atomic E-state index is -0.340. The van der Waals surface area contributed by atoms with Crippen molar-refractivity contribution >= 4 is 11.8 Å². The van der Waals surface area contributed by atoms with Crippen LogP contribution in [0.15, 0.2) is 28.2 Å². The molecule has 0 fully saturated rings. The Labute approximate surface area is 118 Å². The maximum absolute atomic E-state index is 11.6. The molecule has 7 nitrogen and oxygen atoms in total. The van der Waals surface area contributed by atoms with Crippen LogP contribution >= 0.6 is 11.8 Å². The molecular formula is C12H12N4O3S. The molecule has 0 aliphatic carbocycles. The van der Waals surface area contributed by atoms with Gasteiger partial charge in [0.2, 0.25) is 11.9 Å². The van der Waals surface area contributed by atoms with Gasteiger partial charge in [0.1, 0.15) is 5.69 Å². The molecule has 8 heteroatoms. The highest BCUT2D eigenvalue weighted by molar-refractivity contribution is 7.98. The molecule has 3 rings (SSSR count). The van der Waals surface area contributed by atoms with Crippen molar-refractivity contribution in [2.75, 3.05) is 12.6 Å². The lowest BCUT2D eigenvalue weighted by Crippen LogP contribution is -2.32. The van der Waals surface area contributed by atoms with Crippen molar-refractivity contribution in [3.63, 3.8) is 0 Å².